The Hall–Kier alpha value is -6.06. The van der Waals surface area contributed by atoms with Crippen LogP contribution in [-0.4, -0.2) is 13.7 Å². The largest absolute Gasteiger partial charge is 0.341 e. The number of hydrogen-bond donors (Lipinski definition) is 0. The Bertz CT molecular complexity index is 2650. The minimum atomic E-state index is 0.941. The van der Waals surface area contributed by atoms with Gasteiger partial charge in [0.05, 0.1) is 0 Å². The first-order chi connectivity index (χ1) is 25.1. The molecule has 0 saturated carbocycles. The molecule has 3 nitrogen and oxygen atoms in total. The van der Waals surface area contributed by atoms with E-state index in [9.17, 15) is 0 Å². The van der Waals surface area contributed by atoms with Crippen molar-refractivity contribution in [2.45, 2.75) is 40.4 Å². The molecule has 0 saturated heterocycles. The van der Waals surface area contributed by atoms with E-state index in [0.29, 0.717) is 0 Å². The number of nitrogens with zero attached hydrogens (tertiary/aromatic N) is 3. The van der Waals surface area contributed by atoms with E-state index in [1.165, 1.54) is 98.8 Å². The van der Waals surface area contributed by atoms with Gasteiger partial charge in [0.25, 0.3) is 0 Å². The van der Waals surface area contributed by atoms with Gasteiger partial charge in [-0.1, -0.05) is 72.8 Å². The van der Waals surface area contributed by atoms with Gasteiger partial charge in [0.15, 0.2) is 0 Å². The molecular weight excluding hydrogens is 619 g/mol. The Kier molecular flexibility index (Phi) is 6.72. The quantitative estimate of drug-likeness (QED) is 0.169. The molecular formula is C48H39N3. The number of fused-ring (bicyclic) bond motifs is 9. The second kappa shape index (κ2) is 11.5. The van der Waals surface area contributed by atoms with Gasteiger partial charge in [-0.3, -0.25) is 0 Å². The Morgan fingerprint density at radius 3 is 0.843 bits per heavy atom. The maximum Gasteiger partial charge on any atom is 0.0491 e. The van der Waals surface area contributed by atoms with Gasteiger partial charge < -0.3 is 13.7 Å². The molecule has 3 heterocycles. The van der Waals surface area contributed by atoms with E-state index in [0.717, 1.165) is 19.6 Å². The van der Waals surface area contributed by atoms with Crippen molar-refractivity contribution < 1.29 is 0 Å². The first kappa shape index (κ1) is 29.8. The minimum absolute atomic E-state index is 0.941. The Balaban J connectivity index is 1.22. The smallest absolute Gasteiger partial charge is 0.0491 e. The van der Waals surface area contributed by atoms with Crippen LogP contribution in [0.15, 0.2) is 146 Å². The number of aromatic nitrogens is 3. The van der Waals surface area contributed by atoms with Crippen molar-refractivity contribution in [3.63, 3.8) is 0 Å². The molecule has 0 aliphatic carbocycles. The summed E-state index contributed by atoms with van der Waals surface area (Å²) in [5.74, 6) is 0. The molecule has 10 aromatic rings. The summed E-state index contributed by atoms with van der Waals surface area (Å²) in [5, 5.41) is 7.84. The van der Waals surface area contributed by atoms with Gasteiger partial charge in [-0.15, -0.1) is 0 Å². The highest BCUT2D eigenvalue weighted by atomic mass is 15.0. The van der Waals surface area contributed by atoms with E-state index in [2.05, 4.69) is 180 Å². The van der Waals surface area contributed by atoms with Crippen LogP contribution in [0.2, 0.25) is 0 Å². The van der Waals surface area contributed by atoms with Gasteiger partial charge in [0.2, 0.25) is 0 Å². The van der Waals surface area contributed by atoms with Gasteiger partial charge in [0.1, 0.15) is 0 Å². The number of rotatable bonds is 6. The fourth-order valence-corrected chi connectivity index (χ4v) is 8.85. The highest BCUT2D eigenvalue weighted by molar-refractivity contribution is 6.12. The van der Waals surface area contributed by atoms with Crippen molar-refractivity contribution >= 4 is 65.4 Å². The molecule has 0 aliphatic rings. The van der Waals surface area contributed by atoms with Crippen LogP contribution in [-0.2, 0) is 19.6 Å². The lowest BCUT2D eigenvalue weighted by atomic mass is 9.92. The van der Waals surface area contributed by atoms with Crippen molar-refractivity contribution in [1.29, 1.82) is 0 Å². The number of aryl methyl sites for hydroxylation is 3. The molecule has 0 spiro atoms. The van der Waals surface area contributed by atoms with Gasteiger partial charge in [-0.2, -0.15) is 0 Å². The fourth-order valence-electron chi connectivity index (χ4n) is 8.85. The van der Waals surface area contributed by atoms with Crippen LogP contribution < -0.4 is 0 Å². The summed E-state index contributed by atoms with van der Waals surface area (Å²) in [6, 6.07) is 54.7. The van der Waals surface area contributed by atoms with Crippen molar-refractivity contribution in [1.82, 2.24) is 13.7 Å². The second-order valence-corrected chi connectivity index (χ2v) is 13.8. The van der Waals surface area contributed by atoms with E-state index in [4.69, 9.17) is 0 Å². The third-order valence-electron chi connectivity index (χ3n) is 11.2. The Morgan fingerprint density at radius 1 is 0.275 bits per heavy atom. The summed E-state index contributed by atoms with van der Waals surface area (Å²) in [5.41, 5.74) is 15.1. The molecule has 7 aromatic carbocycles. The summed E-state index contributed by atoms with van der Waals surface area (Å²) in [6.07, 6.45) is 0. The molecule has 0 radical (unpaired) electrons. The summed E-state index contributed by atoms with van der Waals surface area (Å²) in [7, 11) is 0. The molecule has 0 atom stereocenters. The molecule has 246 valence electrons. The molecule has 0 bridgehead atoms. The van der Waals surface area contributed by atoms with E-state index < -0.39 is 0 Å². The third kappa shape index (κ3) is 4.44. The molecule has 3 aromatic heterocycles. The lowest BCUT2D eigenvalue weighted by Crippen LogP contribution is -1.93. The van der Waals surface area contributed by atoms with Gasteiger partial charge in [-0.05, 0) is 127 Å². The van der Waals surface area contributed by atoms with Crippen molar-refractivity contribution in [3.8, 4) is 33.4 Å². The fraction of sp³-hybridized carbons (Fsp3) is 0.125. The molecule has 3 heteroatoms. The summed E-state index contributed by atoms with van der Waals surface area (Å²) < 4.78 is 7.29. The SMILES string of the molecule is CCn1c2ccccc2c2cc(-c3cc(-c4ccc5c(c4)c4ccccc4n5CC)cc(-c4ccc5c(c4)c4ccccc4n5CC)c3)ccc21. The maximum absolute atomic E-state index is 2.43. The topological polar surface area (TPSA) is 14.8 Å². The monoisotopic (exact) mass is 657 g/mol. The van der Waals surface area contributed by atoms with Crippen molar-refractivity contribution in [2.75, 3.05) is 0 Å². The van der Waals surface area contributed by atoms with Crippen LogP contribution in [0, 0.1) is 0 Å². The van der Waals surface area contributed by atoms with Crippen molar-refractivity contribution in [2.24, 2.45) is 0 Å². The maximum atomic E-state index is 2.43. The normalized spacial score (nSPS) is 12.1. The zero-order chi connectivity index (χ0) is 34.2. The average Bonchev–Trinajstić information content (AvgIpc) is 3.81. The molecule has 10 rings (SSSR count). The Morgan fingerprint density at radius 2 is 0.549 bits per heavy atom. The summed E-state index contributed by atoms with van der Waals surface area (Å²) >= 11 is 0. The number of para-hydroxylation sites is 3. The average molecular weight is 658 g/mol. The van der Waals surface area contributed by atoms with Crippen LogP contribution in [0.5, 0.6) is 0 Å². The molecule has 0 unspecified atom stereocenters. The highest BCUT2D eigenvalue weighted by Crippen LogP contribution is 2.40. The summed E-state index contributed by atoms with van der Waals surface area (Å²) in [4.78, 5) is 0. The van der Waals surface area contributed by atoms with Gasteiger partial charge in [0, 0.05) is 85.1 Å². The van der Waals surface area contributed by atoms with E-state index in [1.807, 2.05) is 0 Å². The standard InChI is InChI=1S/C48H39N3/c1-4-49-43-16-10-7-13-37(43)40-28-31(19-22-46(40)49)34-25-35(32-20-23-47-41(29-32)38-14-8-11-17-44(38)50(47)5-2)27-36(26-34)33-21-24-48-42(30-33)39-15-9-12-18-45(39)51(48)6-3/h7-30H,4-6H2,1-3H3. The van der Waals surface area contributed by atoms with E-state index in [-0.39, 0.29) is 0 Å². The lowest BCUT2D eigenvalue weighted by molar-refractivity contribution is 0.827. The minimum Gasteiger partial charge on any atom is -0.341 e. The molecule has 0 amide bonds. The lowest BCUT2D eigenvalue weighted by Gasteiger charge is -2.13. The zero-order valence-corrected chi connectivity index (χ0v) is 29.3. The van der Waals surface area contributed by atoms with E-state index in [1.54, 1.807) is 0 Å². The number of benzene rings is 7. The van der Waals surface area contributed by atoms with E-state index >= 15 is 0 Å². The first-order valence-electron chi connectivity index (χ1n) is 18.3. The Labute approximate surface area is 297 Å². The van der Waals surface area contributed by atoms with Crippen LogP contribution >= 0.6 is 0 Å². The predicted molar refractivity (Wildman–Crippen MR) is 219 cm³/mol. The van der Waals surface area contributed by atoms with Crippen LogP contribution in [0.1, 0.15) is 20.8 Å². The molecule has 0 fully saturated rings. The van der Waals surface area contributed by atoms with Crippen molar-refractivity contribution in [3.05, 3.63) is 146 Å². The molecule has 0 N–H and O–H groups in total. The van der Waals surface area contributed by atoms with Gasteiger partial charge >= 0.3 is 0 Å². The van der Waals surface area contributed by atoms with Crippen LogP contribution in [0.4, 0.5) is 0 Å². The van der Waals surface area contributed by atoms with Gasteiger partial charge in [-0.25, -0.2) is 0 Å². The third-order valence-corrected chi connectivity index (χ3v) is 11.2. The van der Waals surface area contributed by atoms with Crippen LogP contribution in [0.3, 0.4) is 0 Å². The van der Waals surface area contributed by atoms with Crippen LogP contribution in [0.25, 0.3) is 98.8 Å². The zero-order valence-electron chi connectivity index (χ0n) is 29.3. The highest BCUT2D eigenvalue weighted by Gasteiger charge is 2.16. The predicted octanol–water partition coefficient (Wildman–Crippen LogP) is 13.1. The molecule has 51 heavy (non-hydrogen) atoms. The number of hydrogen-bond acceptors (Lipinski definition) is 0. The second-order valence-electron chi connectivity index (χ2n) is 13.8. The first-order valence-corrected chi connectivity index (χ1v) is 18.3. The molecule has 0 aliphatic heterocycles. The summed E-state index contributed by atoms with van der Waals surface area (Å²) in [6.45, 7) is 9.53.